The van der Waals surface area contributed by atoms with E-state index in [0.717, 1.165) is 31.4 Å². The predicted molar refractivity (Wildman–Crippen MR) is 88.3 cm³/mol. The van der Waals surface area contributed by atoms with E-state index >= 15 is 0 Å². The fourth-order valence-corrected chi connectivity index (χ4v) is 4.35. The molecule has 0 aliphatic carbocycles. The molecule has 1 fully saturated rings. The molecule has 0 amide bonds. The second-order valence-corrected chi connectivity index (χ2v) is 7.58. The van der Waals surface area contributed by atoms with Crippen LogP contribution in [-0.2, 0) is 21.3 Å². The molecular weight excluding hydrogens is 316 g/mol. The van der Waals surface area contributed by atoms with Gasteiger partial charge >= 0.3 is 0 Å². The Hall–Kier alpha value is -1.57. The summed E-state index contributed by atoms with van der Waals surface area (Å²) < 4.78 is 37.9. The summed E-state index contributed by atoms with van der Waals surface area (Å²) in [4.78, 5) is 2.38. The Morgan fingerprint density at radius 1 is 1.17 bits per heavy atom. The molecule has 1 aliphatic rings. The molecule has 1 aliphatic heterocycles. The van der Waals surface area contributed by atoms with Gasteiger partial charge in [0.05, 0.1) is 13.2 Å². The van der Waals surface area contributed by atoms with Crippen LogP contribution in [0.25, 0.3) is 10.9 Å². The van der Waals surface area contributed by atoms with Gasteiger partial charge in [-0.1, -0.05) is 0 Å². The summed E-state index contributed by atoms with van der Waals surface area (Å²) in [7, 11) is 1.61. The lowest BCUT2D eigenvalue weighted by molar-refractivity contribution is 0.120. The Morgan fingerprint density at radius 3 is 2.52 bits per heavy atom. The summed E-state index contributed by atoms with van der Waals surface area (Å²) in [5, 5.41) is 0.625. The third kappa shape index (κ3) is 3.22. The number of methoxy groups -OCH3 is 1. The van der Waals surface area contributed by atoms with Crippen LogP contribution in [0.15, 0.2) is 29.3 Å². The fraction of sp³-hybridized carbons (Fsp3) is 0.500. The van der Waals surface area contributed by atoms with Gasteiger partial charge in [0, 0.05) is 37.2 Å². The minimum Gasteiger partial charge on any atom is -0.497 e. The van der Waals surface area contributed by atoms with Crippen molar-refractivity contribution in [3.8, 4) is 5.75 Å². The van der Waals surface area contributed by atoms with Gasteiger partial charge in [-0.3, -0.25) is 4.18 Å². The van der Waals surface area contributed by atoms with Crippen molar-refractivity contribution in [1.82, 2.24) is 9.47 Å². The predicted octanol–water partition coefficient (Wildman–Crippen LogP) is 1.99. The maximum Gasteiger partial charge on any atom is 0.299 e. The van der Waals surface area contributed by atoms with Gasteiger partial charge < -0.3 is 14.2 Å². The van der Waals surface area contributed by atoms with E-state index in [1.165, 1.54) is 0 Å². The van der Waals surface area contributed by atoms with Crippen molar-refractivity contribution >= 4 is 21.0 Å². The lowest BCUT2D eigenvalue weighted by Crippen LogP contribution is -2.35. The van der Waals surface area contributed by atoms with Crippen molar-refractivity contribution < 1.29 is 17.3 Å². The zero-order valence-corrected chi connectivity index (χ0v) is 14.5. The number of aryl methyl sites for hydroxylation is 1. The van der Waals surface area contributed by atoms with Crippen LogP contribution in [0.3, 0.4) is 0 Å². The zero-order chi connectivity index (χ0) is 16.6. The Morgan fingerprint density at radius 2 is 1.87 bits per heavy atom. The quantitative estimate of drug-likeness (QED) is 0.798. The third-order valence-corrected chi connectivity index (χ3v) is 5.75. The van der Waals surface area contributed by atoms with E-state index in [2.05, 4.69) is 4.90 Å². The average Bonchev–Trinajstić information content (AvgIpc) is 2.87. The molecule has 2 heterocycles. The molecule has 2 aromatic rings. The first kappa shape index (κ1) is 16.3. The molecule has 0 radical (unpaired) electrons. The van der Waals surface area contributed by atoms with Crippen LogP contribution in [0.4, 0.5) is 0 Å². The van der Waals surface area contributed by atoms with Crippen molar-refractivity contribution in [3.05, 3.63) is 24.4 Å². The topological polar surface area (TPSA) is 60.8 Å². The highest BCUT2D eigenvalue weighted by molar-refractivity contribution is 7.87. The molecule has 3 rings (SSSR count). The van der Waals surface area contributed by atoms with Gasteiger partial charge in [-0.15, -0.1) is 0 Å². The van der Waals surface area contributed by atoms with Crippen molar-refractivity contribution in [2.45, 2.75) is 23.8 Å². The first-order chi connectivity index (χ1) is 10.9. The number of rotatable bonds is 4. The van der Waals surface area contributed by atoms with Crippen molar-refractivity contribution in [2.24, 2.45) is 7.05 Å². The molecule has 126 valence electrons. The second-order valence-electron chi connectivity index (χ2n) is 6.04. The number of fused-ring (bicyclic) bond motifs is 1. The Bertz CT molecular complexity index is 805. The summed E-state index contributed by atoms with van der Waals surface area (Å²) in [5.74, 6) is 0.624. The number of nitrogens with zero attached hydrogens (tertiary/aromatic N) is 2. The number of piperidine rings is 1. The first-order valence-electron chi connectivity index (χ1n) is 7.65. The van der Waals surface area contributed by atoms with Crippen LogP contribution in [0.5, 0.6) is 5.75 Å². The van der Waals surface area contributed by atoms with Crippen molar-refractivity contribution in [2.75, 3.05) is 27.2 Å². The monoisotopic (exact) mass is 338 g/mol. The van der Waals surface area contributed by atoms with E-state index in [1.807, 2.05) is 26.2 Å². The van der Waals surface area contributed by atoms with Crippen molar-refractivity contribution in [3.63, 3.8) is 0 Å². The molecule has 1 aromatic heterocycles. The van der Waals surface area contributed by atoms with Crippen molar-refractivity contribution in [1.29, 1.82) is 0 Å². The van der Waals surface area contributed by atoms with Crippen LogP contribution in [0.2, 0.25) is 0 Å². The SMILES string of the molecule is COc1ccc2c(c1)c(S(=O)(=O)OC1CCN(C)CC1)cn2C. The number of benzene rings is 1. The molecule has 6 nitrogen and oxygen atoms in total. The molecular formula is C16H22N2O4S. The smallest absolute Gasteiger partial charge is 0.299 e. The van der Waals surface area contributed by atoms with E-state index < -0.39 is 10.1 Å². The number of aromatic nitrogens is 1. The Labute approximate surface area is 136 Å². The normalized spacial score (nSPS) is 17.7. The van der Waals surface area contributed by atoms with Crippen LogP contribution in [0, 0.1) is 0 Å². The van der Waals surface area contributed by atoms with Crippen LogP contribution >= 0.6 is 0 Å². The molecule has 1 saturated heterocycles. The summed E-state index contributed by atoms with van der Waals surface area (Å²) in [6, 6.07) is 5.40. The van der Waals surface area contributed by atoms with E-state index in [1.54, 1.807) is 23.9 Å². The Kier molecular flexibility index (Phi) is 4.35. The van der Waals surface area contributed by atoms with E-state index in [9.17, 15) is 8.42 Å². The Balaban J connectivity index is 1.94. The highest BCUT2D eigenvalue weighted by atomic mass is 32.2. The molecule has 23 heavy (non-hydrogen) atoms. The molecule has 7 heteroatoms. The minimum absolute atomic E-state index is 0.202. The van der Waals surface area contributed by atoms with Gasteiger partial charge in [0.15, 0.2) is 0 Å². The molecule has 1 aromatic carbocycles. The summed E-state index contributed by atoms with van der Waals surface area (Å²) in [6.07, 6.45) is 2.80. The maximum absolute atomic E-state index is 12.7. The number of hydrogen-bond acceptors (Lipinski definition) is 5. The molecule has 0 bridgehead atoms. The lowest BCUT2D eigenvalue weighted by Gasteiger charge is -2.28. The third-order valence-electron chi connectivity index (χ3n) is 4.36. The van der Waals surface area contributed by atoms with Crippen LogP contribution < -0.4 is 4.74 Å². The first-order valence-corrected chi connectivity index (χ1v) is 9.06. The minimum atomic E-state index is -3.80. The number of likely N-dealkylation sites (tertiary alicyclic amines) is 1. The zero-order valence-electron chi connectivity index (χ0n) is 13.7. The van der Waals surface area contributed by atoms with E-state index in [0.29, 0.717) is 11.1 Å². The average molecular weight is 338 g/mol. The molecule has 0 saturated carbocycles. The largest absolute Gasteiger partial charge is 0.497 e. The van der Waals surface area contributed by atoms with Gasteiger partial charge in [0.1, 0.15) is 10.6 Å². The van der Waals surface area contributed by atoms with E-state index in [-0.39, 0.29) is 11.0 Å². The van der Waals surface area contributed by atoms with Gasteiger partial charge in [-0.2, -0.15) is 8.42 Å². The molecule has 0 atom stereocenters. The van der Waals surface area contributed by atoms with Crippen LogP contribution in [-0.4, -0.2) is 51.2 Å². The summed E-state index contributed by atoms with van der Waals surface area (Å²) >= 11 is 0. The van der Waals surface area contributed by atoms with Gasteiger partial charge in [-0.05, 0) is 38.1 Å². The second kappa shape index (κ2) is 6.14. The standard InChI is InChI=1S/C16H22N2O4S/c1-17-8-6-12(7-9-17)22-23(19,20)16-11-18(2)15-5-4-13(21-3)10-14(15)16/h4-5,10-12H,6-9H2,1-3H3. The van der Waals surface area contributed by atoms with Gasteiger partial charge in [-0.25, -0.2) is 0 Å². The number of hydrogen-bond donors (Lipinski definition) is 0. The molecule has 0 unspecified atom stereocenters. The van der Waals surface area contributed by atoms with E-state index in [4.69, 9.17) is 8.92 Å². The number of ether oxygens (including phenoxy) is 1. The van der Waals surface area contributed by atoms with Gasteiger partial charge in [0.2, 0.25) is 0 Å². The highest BCUT2D eigenvalue weighted by Crippen LogP contribution is 2.30. The molecule has 0 spiro atoms. The van der Waals surface area contributed by atoms with Crippen LogP contribution in [0.1, 0.15) is 12.8 Å². The molecule has 0 N–H and O–H groups in total. The maximum atomic E-state index is 12.7. The fourth-order valence-electron chi connectivity index (χ4n) is 2.97. The van der Waals surface area contributed by atoms with Gasteiger partial charge in [0.25, 0.3) is 10.1 Å². The lowest BCUT2D eigenvalue weighted by atomic mass is 10.1. The summed E-state index contributed by atoms with van der Waals surface area (Å²) in [5.41, 5.74) is 0.830. The summed E-state index contributed by atoms with van der Waals surface area (Å²) in [6.45, 7) is 1.70. The highest BCUT2D eigenvalue weighted by Gasteiger charge is 2.27.